The zero-order chi connectivity index (χ0) is 40.7. The number of imidazole rings is 2. The lowest BCUT2D eigenvalue weighted by molar-refractivity contribution is -0.807. The smallest absolute Gasteiger partial charge is 0.472 e. The standard InChI is InChI=1S/C28H38N10O16P2/c1-27(26(42)43)25(41)28(2,44)38-10-34-21-14(22(38)35-27)33-9-37(21)24-16(40)18(12(53-24)5-50-55(4,45)46)54-56(47,48)51-6-11-17(49-3)15(39)23(52-11)36-8-32-13-19(29)30-7-31-20(13)36/h7-12,15-18,23-25,39-41,44H,5-6H2,1-4H3,(H5,29,30,31,42,43,45,46,47,48)/p+1/t11-,12-,15+,16+,17?,18?,23-,24-,25?,27?,28?/m1/s1. The number of phosphoric ester groups is 1. The van der Waals surface area contributed by atoms with E-state index in [0.717, 1.165) is 30.8 Å². The molecule has 0 amide bonds. The fourth-order valence-corrected chi connectivity index (χ4v) is 8.34. The molecule has 0 spiro atoms. The number of anilines is 2. The van der Waals surface area contributed by atoms with Crippen molar-refractivity contribution in [3.05, 3.63) is 25.3 Å². The van der Waals surface area contributed by atoms with E-state index in [1.807, 2.05) is 0 Å². The average Bonchev–Trinajstić information content (AvgIpc) is 3.89. The van der Waals surface area contributed by atoms with Gasteiger partial charge in [0.1, 0.15) is 54.8 Å². The number of nitrogens with one attached hydrogen (secondary N) is 1. The molecule has 0 radical (unpaired) electrons. The molecule has 4 aromatic rings. The summed E-state index contributed by atoms with van der Waals surface area (Å²) in [4.78, 5) is 53.6. The third kappa shape index (κ3) is 6.83. The Kier molecular flexibility index (Phi) is 10.2. The molecule has 0 bridgehead atoms. The van der Waals surface area contributed by atoms with Gasteiger partial charge in [0.05, 0.1) is 19.5 Å². The predicted molar refractivity (Wildman–Crippen MR) is 182 cm³/mol. The van der Waals surface area contributed by atoms with Crippen LogP contribution in [0.15, 0.2) is 25.3 Å². The summed E-state index contributed by atoms with van der Waals surface area (Å²) in [5.74, 6) is -1.49. The molecule has 306 valence electrons. The lowest BCUT2D eigenvalue weighted by atomic mass is 9.85. The molecule has 0 aliphatic carbocycles. The molecular weight excluding hydrogens is 794 g/mol. The number of fused-ring (bicyclic) bond motifs is 4. The van der Waals surface area contributed by atoms with Gasteiger partial charge in [0.25, 0.3) is 5.82 Å². The minimum absolute atomic E-state index is 0.0472. The van der Waals surface area contributed by atoms with Crippen molar-refractivity contribution < 1.29 is 81.6 Å². The normalized spacial score (nSPS) is 35.3. The number of nitrogen functional groups attached to an aromatic ring is 1. The number of aliphatic carboxylic acids is 1. The first kappa shape index (κ1) is 40.4. The van der Waals surface area contributed by atoms with E-state index in [9.17, 15) is 49.2 Å². The van der Waals surface area contributed by atoms with Crippen LogP contribution in [0.5, 0.6) is 0 Å². The van der Waals surface area contributed by atoms with Crippen molar-refractivity contribution >= 4 is 55.4 Å². The lowest BCUT2D eigenvalue weighted by Gasteiger charge is -2.41. The van der Waals surface area contributed by atoms with Gasteiger partial charge in [0.15, 0.2) is 35.5 Å². The number of hydrogen-bond acceptors (Lipinski definition) is 20. The number of rotatable bonds is 12. The zero-order valence-corrected chi connectivity index (χ0v) is 31.6. The van der Waals surface area contributed by atoms with Crippen LogP contribution in [0.2, 0.25) is 0 Å². The maximum absolute atomic E-state index is 13.4. The van der Waals surface area contributed by atoms with Crippen LogP contribution in [0, 0.1) is 0 Å². The summed E-state index contributed by atoms with van der Waals surface area (Å²) in [6.07, 6.45) is -8.60. The van der Waals surface area contributed by atoms with Crippen LogP contribution in [0.1, 0.15) is 26.3 Å². The van der Waals surface area contributed by atoms with Gasteiger partial charge < -0.3 is 59.8 Å². The van der Waals surface area contributed by atoms with E-state index in [4.69, 9.17) is 33.5 Å². The lowest BCUT2D eigenvalue weighted by Crippen LogP contribution is -2.75. The first-order valence-electron chi connectivity index (χ1n) is 16.6. The van der Waals surface area contributed by atoms with Crippen molar-refractivity contribution in [2.24, 2.45) is 0 Å². The van der Waals surface area contributed by atoms with Gasteiger partial charge in [-0.05, 0) is 6.92 Å². The van der Waals surface area contributed by atoms with E-state index in [0.29, 0.717) is 0 Å². The molecule has 56 heavy (non-hydrogen) atoms. The molecule has 0 saturated carbocycles. The predicted octanol–water partition coefficient (Wildman–Crippen LogP) is -2.70. The number of nitrogens with zero attached hydrogens (tertiary/aromatic N) is 8. The molecule has 2 fully saturated rings. The molecule has 0 aromatic carbocycles. The Balaban J connectivity index is 1.12. The third-order valence-corrected chi connectivity index (χ3v) is 11.5. The molecule has 13 atom stereocenters. The molecule has 7 unspecified atom stereocenters. The molecule has 26 nitrogen and oxygen atoms in total. The van der Waals surface area contributed by atoms with Gasteiger partial charge in [-0.25, -0.2) is 33.9 Å². The largest absolute Gasteiger partial charge is 0.478 e. The minimum Gasteiger partial charge on any atom is -0.478 e. The first-order chi connectivity index (χ1) is 26.2. The van der Waals surface area contributed by atoms with E-state index >= 15 is 0 Å². The van der Waals surface area contributed by atoms with Crippen LogP contribution < -0.4 is 15.6 Å². The van der Waals surface area contributed by atoms with Crippen molar-refractivity contribution in [1.29, 1.82) is 0 Å². The van der Waals surface area contributed by atoms with Crippen molar-refractivity contribution in [3.63, 3.8) is 0 Å². The molecule has 4 aromatic heterocycles. The number of carboxylic acids is 1. The third-order valence-electron chi connectivity index (χ3n) is 9.86. The van der Waals surface area contributed by atoms with E-state index in [-0.39, 0.29) is 34.0 Å². The molecule has 2 saturated heterocycles. The number of carboxylic acid groups (broad SMARTS) is 1. The minimum atomic E-state index is -5.19. The number of carbonyl (C=O) groups is 1. The van der Waals surface area contributed by atoms with Crippen LogP contribution in [0.3, 0.4) is 0 Å². The molecule has 3 aliphatic rings. The Morgan fingerprint density at radius 2 is 1.52 bits per heavy atom. The number of hydrogen-bond donors (Lipinski definition) is 9. The molecule has 10 N–H and O–H groups in total. The van der Waals surface area contributed by atoms with Crippen LogP contribution in [0.4, 0.5) is 11.6 Å². The number of aliphatic hydroxyl groups excluding tert-OH is 3. The van der Waals surface area contributed by atoms with Gasteiger partial charge in [0.2, 0.25) is 23.2 Å². The Bertz CT molecular complexity index is 2250. The van der Waals surface area contributed by atoms with Crippen molar-refractivity contribution in [2.75, 3.05) is 38.0 Å². The molecule has 7 rings (SSSR count). The summed E-state index contributed by atoms with van der Waals surface area (Å²) in [5.41, 5.74) is 1.94. The molecule has 28 heteroatoms. The van der Waals surface area contributed by atoms with Gasteiger partial charge in [0, 0.05) is 20.7 Å². The van der Waals surface area contributed by atoms with Crippen molar-refractivity contribution in [1.82, 2.24) is 34.1 Å². The van der Waals surface area contributed by atoms with Gasteiger partial charge in [-0.3, -0.25) is 28.1 Å². The highest BCUT2D eigenvalue weighted by Gasteiger charge is 2.60. The second kappa shape index (κ2) is 14.2. The highest BCUT2D eigenvalue weighted by atomic mass is 31.2. The second-order valence-electron chi connectivity index (χ2n) is 13.7. The number of methoxy groups -OCH3 is 1. The Labute approximate surface area is 314 Å². The Morgan fingerprint density at radius 3 is 2.12 bits per heavy atom. The van der Waals surface area contributed by atoms with E-state index in [2.05, 4.69) is 30.2 Å². The first-order valence-corrected chi connectivity index (χ1v) is 20.1. The highest BCUT2D eigenvalue weighted by molar-refractivity contribution is 7.51. The van der Waals surface area contributed by atoms with E-state index < -0.39 is 101 Å². The average molecular weight is 834 g/mol. The number of ether oxygens (including phenoxy) is 3. The second-order valence-corrected chi connectivity index (χ2v) is 17.0. The SMILES string of the molecule is COC1[C@@H](COP(=O)(O)OC2[C@@H](COP(C)(=O)O)O[C@@H](n3cnc4c5[n+](cnc43)C(C)(O)C(O)C(C)(C(=O)O)N5)[C@H]2O)O[C@@H](n2cnc3c(N)ncnc32)[C@H]1O. The fraction of sp³-hybridized carbons (Fsp3) is 0.607. The number of phosphoric acid groups is 1. The van der Waals surface area contributed by atoms with Crippen LogP contribution >= 0.6 is 15.4 Å². The van der Waals surface area contributed by atoms with Gasteiger partial charge >= 0.3 is 21.4 Å². The number of aliphatic hydroxyl groups is 4. The molecule has 7 heterocycles. The maximum atomic E-state index is 13.4. The van der Waals surface area contributed by atoms with Gasteiger partial charge in [-0.15, -0.1) is 0 Å². The van der Waals surface area contributed by atoms with Crippen LogP contribution in [0.25, 0.3) is 22.3 Å². The maximum Gasteiger partial charge on any atom is 0.472 e. The number of aromatic nitrogens is 8. The summed E-state index contributed by atoms with van der Waals surface area (Å²) in [7, 11) is -8.08. The van der Waals surface area contributed by atoms with Crippen molar-refractivity contribution in [3.8, 4) is 0 Å². The summed E-state index contributed by atoms with van der Waals surface area (Å²) in [6, 6.07) is 0. The number of nitrogens with two attached hydrogens (primary N) is 1. The summed E-state index contributed by atoms with van der Waals surface area (Å²) in [6.45, 7) is 1.79. The van der Waals surface area contributed by atoms with Crippen molar-refractivity contribution in [2.45, 2.75) is 80.3 Å². The van der Waals surface area contributed by atoms with Gasteiger partial charge in [-0.2, -0.15) is 0 Å². The molecule has 3 aliphatic heterocycles. The quantitative estimate of drug-likeness (QED) is 0.0518. The highest BCUT2D eigenvalue weighted by Crippen LogP contribution is 2.50. The summed E-state index contributed by atoms with van der Waals surface area (Å²) < 4.78 is 62.0. The summed E-state index contributed by atoms with van der Waals surface area (Å²) in [5, 5.41) is 57.1. The monoisotopic (exact) mass is 833 g/mol. The van der Waals surface area contributed by atoms with E-state index in [1.54, 1.807) is 0 Å². The van der Waals surface area contributed by atoms with Crippen LogP contribution in [-0.4, -0.2) is 151 Å². The van der Waals surface area contributed by atoms with Gasteiger partial charge in [-0.1, -0.05) is 4.98 Å². The topological polar surface area (TPSA) is 364 Å². The summed E-state index contributed by atoms with van der Waals surface area (Å²) >= 11 is 0. The Morgan fingerprint density at radius 1 is 0.946 bits per heavy atom. The van der Waals surface area contributed by atoms with E-state index in [1.165, 1.54) is 35.8 Å². The zero-order valence-electron chi connectivity index (χ0n) is 29.8. The fourth-order valence-electron chi connectivity index (χ4n) is 6.95. The Hall–Kier alpha value is -3.85. The molecular formula is C28H39N10O16P2+. The van der Waals surface area contributed by atoms with Crippen LogP contribution in [-0.2, 0) is 47.4 Å².